The molecular weight excluding hydrogens is 256 g/mol. The van der Waals surface area contributed by atoms with E-state index in [1.165, 1.54) is 0 Å². The van der Waals surface area contributed by atoms with Crippen molar-refractivity contribution in [3.8, 4) is 11.5 Å². The molecular formula is C15H24N2O3. The van der Waals surface area contributed by atoms with Crippen LogP contribution in [0.25, 0.3) is 0 Å². The van der Waals surface area contributed by atoms with Crippen LogP contribution in [0.2, 0.25) is 0 Å². The van der Waals surface area contributed by atoms with E-state index in [2.05, 4.69) is 5.32 Å². The molecule has 3 N–H and O–H groups in total. The number of nitrogens with one attached hydrogen (secondary N) is 1. The molecule has 0 heterocycles. The van der Waals surface area contributed by atoms with Crippen molar-refractivity contribution in [2.24, 2.45) is 11.7 Å². The number of hydrogen-bond acceptors (Lipinski definition) is 4. The van der Waals surface area contributed by atoms with Crippen molar-refractivity contribution in [2.45, 2.75) is 26.8 Å². The Morgan fingerprint density at radius 1 is 1.30 bits per heavy atom. The lowest BCUT2D eigenvalue weighted by Crippen LogP contribution is -2.31. The molecule has 0 bridgehead atoms. The zero-order valence-corrected chi connectivity index (χ0v) is 12.6. The fourth-order valence-corrected chi connectivity index (χ4v) is 1.60. The molecule has 20 heavy (non-hydrogen) atoms. The molecule has 0 fully saturated rings. The summed E-state index contributed by atoms with van der Waals surface area (Å²) >= 11 is 0. The Morgan fingerprint density at radius 2 is 2.00 bits per heavy atom. The van der Waals surface area contributed by atoms with Gasteiger partial charge < -0.3 is 20.5 Å². The minimum absolute atomic E-state index is 0.0272. The van der Waals surface area contributed by atoms with Gasteiger partial charge in [0.2, 0.25) is 0 Å². The zero-order valence-electron chi connectivity index (χ0n) is 12.6. The van der Waals surface area contributed by atoms with Crippen LogP contribution in [0, 0.1) is 5.92 Å². The van der Waals surface area contributed by atoms with E-state index < -0.39 is 0 Å². The third-order valence-electron chi connectivity index (χ3n) is 2.78. The van der Waals surface area contributed by atoms with Crippen LogP contribution in [0.5, 0.6) is 11.5 Å². The Hall–Kier alpha value is -1.75. The van der Waals surface area contributed by atoms with Gasteiger partial charge in [-0.05, 0) is 30.5 Å². The Kier molecular flexibility index (Phi) is 6.31. The first kappa shape index (κ1) is 16.3. The lowest BCUT2D eigenvalue weighted by atomic mass is 10.1. The molecule has 112 valence electrons. The summed E-state index contributed by atoms with van der Waals surface area (Å²) in [6.45, 7) is 6.59. The van der Waals surface area contributed by atoms with Crippen LogP contribution in [-0.2, 0) is 4.79 Å². The van der Waals surface area contributed by atoms with Crippen molar-refractivity contribution in [3.05, 3.63) is 23.8 Å². The van der Waals surface area contributed by atoms with Gasteiger partial charge in [0, 0.05) is 12.6 Å². The van der Waals surface area contributed by atoms with Crippen molar-refractivity contribution in [3.63, 3.8) is 0 Å². The second-order valence-electron chi connectivity index (χ2n) is 5.19. The monoisotopic (exact) mass is 280 g/mol. The number of carbonyl (C=O) groups excluding carboxylic acids is 1. The minimum Gasteiger partial charge on any atom is -0.493 e. The molecule has 0 aliphatic heterocycles. The van der Waals surface area contributed by atoms with E-state index in [1.54, 1.807) is 13.2 Å². The van der Waals surface area contributed by atoms with E-state index in [-0.39, 0.29) is 18.6 Å². The first-order valence-electron chi connectivity index (χ1n) is 6.77. The molecule has 0 saturated heterocycles. The molecule has 0 aliphatic carbocycles. The van der Waals surface area contributed by atoms with Crippen molar-refractivity contribution >= 4 is 5.91 Å². The van der Waals surface area contributed by atoms with Gasteiger partial charge in [-0.3, -0.25) is 4.79 Å². The number of amides is 1. The third-order valence-corrected chi connectivity index (χ3v) is 2.78. The van der Waals surface area contributed by atoms with Crippen molar-refractivity contribution in [1.82, 2.24) is 5.32 Å². The number of nitrogens with two attached hydrogens (primary N) is 1. The summed E-state index contributed by atoms with van der Waals surface area (Å²) in [6.07, 6.45) is 0. The summed E-state index contributed by atoms with van der Waals surface area (Å²) in [7, 11) is 1.56. The number of carbonyl (C=O) groups is 1. The molecule has 5 heteroatoms. The van der Waals surface area contributed by atoms with E-state index in [0.29, 0.717) is 24.0 Å². The Morgan fingerprint density at radius 3 is 2.55 bits per heavy atom. The summed E-state index contributed by atoms with van der Waals surface area (Å²) in [6, 6.07) is 5.39. The molecule has 0 spiro atoms. The predicted octanol–water partition coefficient (Wildman–Crippen LogP) is 1.87. The van der Waals surface area contributed by atoms with Crippen molar-refractivity contribution in [1.29, 1.82) is 0 Å². The fourth-order valence-electron chi connectivity index (χ4n) is 1.60. The zero-order chi connectivity index (χ0) is 15.1. The molecule has 0 saturated carbocycles. The van der Waals surface area contributed by atoms with Crippen LogP contribution in [-0.4, -0.2) is 26.2 Å². The minimum atomic E-state index is -0.142. The molecule has 1 rings (SSSR count). The van der Waals surface area contributed by atoms with Crippen LogP contribution < -0.4 is 20.5 Å². The van der Waals surface area contributed by atoms with Gasteiger partial charge in [-0.25, -0.2) is 0 Å². The SMILES string of the molecule is COc1cc([C@@H](C)N)ccc1OCC(=O)NCC(C)C. The smallest absolute Gasteiger partial charge is 0.257 e. The number of rotatable bonds is 7. The summed E-state index contributed by atoms with van der Waals surface area (Å²) < 4.78 is 10.7. The van der Waals surface area contributed by atoms with Crippen LogP contribution >= 0.6 is 0 Å². The summed E-state index contributed by atoms with van der Waals surface area (Å²) in [5.74, 6) is 1.39. The van der Waals surface area contributed by atoms with Crippen molar-refractivity contribution in [2.75, 3.05) is 20.3 Å². The topological polar surface area (TPSA) is 73.6 Å². The highest BCUT2D eigenvalue weighted by Gasteiger charge is 2.10. The molecule has 0 radical (unpaired) electrons. The molecule has 0 aliphatic rings. The van der Waals surface area contributed by atoms with Crippen LogP contribution in [0.3, 0.4) is 0 Å². The fraction of sp³-hybridized carbons (Fsp3) is 0.533. The Labute approximate surface area is 120 Å². The summed E-state index contributed by atoms with van der Waals surface area (Å²) in [5.41, 5.74) is 6.77. The van der Waals surface area contributed by atoms with Gasteiger partial charge in [0.15, 0.2) is 18.1 Å². The van der Waals surface area contributed by atoms with E-state index >= 15 is 0 Å². The number of benzene rings is 1. The predicted molar refractivity (Wildman–Crippen MR) is 78.9 cm³/mol. The van der Waals surface area contributed by atoms with E-state index in [0.717, 1.165) is 5.56 Å². The second kappa shape index (κ2) is 7.75. The quantitative estimate of drug-likeness (QED) is 0.799. The summed E-state index contributed by atoms with van der Waals surface area (Å²) in [5, 5.41) is 2.79. The van der Waals surface area contributed by atoms with Gasteiger partial charge in [0.25, 0.3) is 5.91 Å². The van der Waals surface area contributed by atoms with Gasteiger partial charge in [-0.1, -0.05) is 19.9 Å². The average Bonchev–Trinajstić information content (AvgIpc) is 2.42. The van der Waals surface area contributed by atoms with Gasteiger partial charge in [-0.2, -0.15) is 0 Å². The van der Waals surface area contributed by atoms with Crippen LogP contribution in [0.15, 0.2) is 18.2 Å². The van der Waals surface area contributed by atoms with Crippen molar-refractivity contribution < 1.29 is 14.3 Å². The van der Waals surface area contributed by atoms with E-state index in [1.807, 2.05) is 32.9 Å². The first-order chi connectivity index (χ1) is 9.43. The highest BCUT2D eigenvalue weighted by molar-refractivity contribution is 5.77. The Balaban J connectivity index is 2.61. The molecule has 1 amide bonds. The van der Waals surface area contributed by atoms with Gasteiger partial charge >= 0.3 is 0 Å². The van der Waals surface area contributed by atoms with E-state index in [4.69, 9.17) is 15.2 Å². The Bertz CT molecular complexity index is 445. The standard InChI is InChI=1S/C15H24N2O3/c1-10(2)8-17-15(18)9-20-13-6-5-12(11(3)16)7-14(13)19-4/h5-7,10-11H,8-9,16H2,1-4H3,(H,17,18)/t11-/m1/s1. The third kappa shape index (κ3) is 5.09. The lowest BCUT2D eigenvalue weighted by molar-refractivity contribution is -0.123. The van der Waals surface area contributed by atoms with Crippen LogP contribution in [0.1, 0.15) is 32.4 Å². The normalized spacial score (nSPS) is 12.1. The van der Waals surface area contributed by atoms with Gasteiger partial charge in [0.1, 0.15) is 0 Å². The number of ether oxygens (including phenoxy) is 2. The van der Waals surface area contributed by atoms with Gasteiger partial charge in [0.05, 0.1) is 7.11 Å². The molecule has 1 aromatic rings. The molecule has 0 aromatic heterocycles. The summed E-state index contributed by atoms with van der Waals surface area (Å²) in [4.78, 5) is 11.6. The van der Waals surface area contributed by atoms with E-state index in [9.17, 15) is 4.79 Å². The lowest BCUT2D eigenvalue weighted by Gasteiger charge is -2.14. The van der Waals surface area contributed by atoms with Gasteiger partial charge in [-0.15, -0.1) is 0 Å². The number of hydrogen-bond donors (Lipinski definition) is 2. The number of methoxy groups -OCH3 is 1. The molecule has 1 atom stereocenters. The maximum atomic E-state index is 11.6. The average molecular weight is 280 g/mol. The molecule has 1 aromatic carbocycles. The van der Waals surface area contributed by atoms with Crippen LogP contribution in [0.4, 0.5) is 0 Å². The first-order valence-corrected chi connectivity index (χ1v) is 6.77. The largest absolute Gasteiger partial charge is 0.493 e. The maximum Gasteiger partial charge on any atom is 0.257 e. The second-order valence-corrected chi connectivity index (χ2v) is 5.19. The molecule has 0 unspecified atom stereocenters. The maximum absolute atomic E-state index is 11.6. The highest BCUT2D eigenvalue weighted by Crippen LogP contribution is 2.29. The highest BCUT2D eigenvalue weighted by atomic mass is 16.5. The molecule has 5 nitrogen and oxygen atoms in total.